The Morgan fingerprint density at radius 1 is 0.821 bits per heavy atom. The maximum atomic E-state index is 13.2. The minimum Gasteiger partial charge on any atom is -0.369 e. The van der Waals surface area contributed by atoms with Gasteiger partial charge in [-0.05, 0) is 151 Å². The first-order valence-electron chi connectivity index (χ1n) is 20.6. The molecule has 2 aromatic carbocycles. The van der Waals surface area contributed by atoms with Crippen LogP contribution in [-0.4, -0.2) is 104 Å². The lowest BCUT2D eigenvalue weighted by Crippen LogP contribution is -2.47. The highest BCUT2D eigenvalue weighted by Gasteiger charge is 2.33. The second-order valence-electron chi connectivity index (χ2n) is 16.2. The van der Waals surface area contributed by atoms with Crippen molar-refractivity contribution in [2.45, 2.75) is 90.3 Å². The lowest BCUT2D eigenvalue weighted by molar-refractivity contribution is -0.138. The van der Waals surface area contributed by atoms with E-state index >= 15 is 0 Å². The van der Waals surface area contributed by atoms with Crippen LogP contribution in [0.25, 0.3) is 5.57 Å². The van der Waals surface area contributed by atoms with Crippen molar-refractivity contribution < 1.29 is 27.2 Å². The largest absolute Gasteiger partial charge is 0.416 e. The summed E-state index contributed by atoms with van der Waals surface area (Å²) < 4.78 is 52.6. The number of likely N-dealkylation sites (tertiary alicyclic amines) is 1. The zero-order valence-corrected chi connectivity index (χ0v) is 33.3. The van der Waals surface area contributed by atoms with E-state index in [-0.39, 0.29) is 35.5 Å². The molecule has 3 aliphatic heterocycles. The number of piperazine rings is 1. The van der Waals surface area contributed by atoms with Gasteiger partial charge in [0, 0.05) is 51.0 Å². The number of nitrogens with one attached hydrogen (secondary N) is 1. The van der Waals surface area contributed by atoms with Crippen LogP contribution >= 0.6 is 0 Å². The third-order valence-corrected chi connectivity index (χ3v) is 12.1. The van der Waals surface area contributed by atoms with E-state index in [1.165, 1.54) is 37.1 Å². The molecular weight excluding hydrogens is 721 g/mol. The Bertz CT molecular complexity index is 1630. The van der Waals surface area contributed by atoms with Gasteiger partial charge in [0.15, 0.2) is 0 Å². The molecule has 1 amide bonds. The molecule has 2 saturated heterocycles. The summed E-state index contributed by atoms with van der Waals surface area (Å²) in [6, 6.07) is 13.6. The number of anilines is 1. The van der Waals surface area contributed by atoms with Crippen molar-refractivity contribution >= 4 is 23.0 Å². The molecule has 1 saturated carbocycles. The van der Waals surface area contributed by atoms with Crippen molar-refractivity contribution in [1.29, 1.82) is 5.26 Å². The van der Waals surface area contributed by atoms with Gasteiger partial charge in [0.05, 0.1) is 18.2 Å². The predicted molar refractivity (Wildman–Crippen MR) is 213 cm³/mol. The van der Waals surface area contributed by atoms with Crippen LogP contribution in [0.1, 0.15) is 87.8 Å². The summed E-state index contributed by atoms with van der Waals surface area (Å²) in [5.74, 6) is 1.35. The maximum absolute atomic E-state index is 13.2. The second-order valence-corrected chi connectivity index (χ2v) is 16.2. The summed E-state index contributed by atoms with van der Waals surface area (Å²) in [6.07, 6.45) is 7.98. The molecule has 0 atom stereocenters. The topological polar surface area (TPSA) is 82.9 Å². The van der Waals surface area contributed by atoms with Gasteiger partial charge >= 0.3 is 6.18 Å². The van der Waals surface area contributed by atoms with Crippen molar-refractivity contribution in [3.05, 3.63) is 71.0 Å². The Morgan fingerprint density at radius 2 is 1.46 bits per heavy atom. The minimum absolute atomic E-state index is 0.0394. The molecule has 56 heavy (non-hydrogen) atoms. The van der Waals surface area contributed by atoms with Crippen LogP contribution in [-0.2, 0) is 15.8 Å². The Morgan fingerprint density at radius 3 is 2.05 bits per heavy atom. The number of carbonyl (C=O) groups excluding carboxylic acids is 2. The highest BCUT2D eigenvalue weighted by Crippen LogP contribution is 2.35. The quantitative estimate of drug-likeness (QED) is 0.221. The lowest BCUT2D eigenvalue weighted by atomic mass is 9.84. The molecule has 0 bridgehead atoms. The van der Waals surface area contributed by atoms with Gasteiger partial charge in [-0.3, -0.25) is 24.3 Å². The van der Waals surface area contributed by atoms with Gasteiger partial charge in [-0.15, -0.1) is 0 Å². The number of halogens is 4. The number of piperidine rings is 1. The Hall–Kier alpha value is -3.79. The van der Waals surface area contributed by atoms with E-state index in [0.717, 1.165) is 128 Å². The smallest absolute Gasteiger partial charge is 0.369 e. The summed E-state index contributed by atoms with van der Waals surface area (Å²) in [7, 11) is 0. The van der Waals surface area contributed by atoms with E-state index < -0.39 is 11.7 Å². The number of alkyl halides is 3. The summed E-state index contributed by atoms with van der Waals surface area (Å²) >= 11 is 0. The molecule has 3 heterocycles. The molecule has 306 valence electrons. The molecule has 0 radical (unpaired) electrons. The monoisotopic (exact) mass is 780 g/mol. The number of hydrogen-bond acceptors (Lipinski definition) is 7. The van der Waals surface area contributed by atoms with E-state index in [2.05, 4.69) is 31.0 Å². The first-order valence-corrected chi connectivity index (χ1v) is 20.6. The molecular formula is C44H60F4N6O2. The van der Waals surface area contributed by atoms with Crippen molar-refractivity contribution in [2.24, 2.45) is 11.8 Å². The normalized spacial score (nSPS) is 21.7. The van der Waals surface area contributed by atoms with Crippen LogP contribution in [0, 0.1) is 35.9 Å². The highest BCUT2D eigenvalue weighted by molar-refractivity contribution is 5.78. The summed E-state index contributed by atoms with van der Waals surface area (Å²) in [6.45, 7) is 13.2. The highest BCUT2D eigenvalue weighted by atomic mass is 19.4. The van der Waals surface area contributed by atoms with Crippen LogP contribution in [0.4, 0.5) is 23.2 Å². The van der Waals surface area contributed by atoms with Gasteiger partial charge < -0.3 is 10.2 Å². The first-order chi connectivity index (χ1) is 26.9. The molecule has 3 fully saturated rings. The number of aryl methyl sites for hydroxylation is 1. The molecule has 1 N–H and O–H groups in total. The molecule has 0 aromatic heterocycles. The summed E-state index contributed by atoms with van der Waals surface area (Å²) in [5.41, 5.74) is 2.86. The third kappa shape index (κ3) is 13.7. The number of Topliss-reactive ketones (excluding diaryl/α,β-unsaturated/α-hetero) is 1. The average Bonchev–Trinajstić information content (AvgIpc) is 3.18. The number of nitrogens with zero attached hydrogens (tertiary/aromatic N) is 5. The van der Waals surface area contributed by atoms with Crippen molar-refractivity contribution in [3.63, 3.8) is 0 Å². The van der Waals surface area contributed by atoms with Gasteiger partial charge in [-0.1, -0.05) is 24.3 Å². The van der Waals surface area contributed by atoms with Crippen molar-refractivity contribution in [3.8, 4) is 6.07 Å². The average molecular weight is 781 g/mol. The van der Waals surface area contributed by atoms with Crippen LogP contribution in [0.2, 0.25) is 0 Å². The van der Waals surface area contributed by atoms with Crippen molar-refractivity contribution in [1.82, 2.24) is 20.0 Å². The van der Waals surface area contributed by atoms with Gasteiger partial charge in [0.1, 0.15) is 18.0 Å². The molecule has 2 aromatic rings. The zero-order valence-electron chi connectivity index (χ0n) is 33.3. The van der Waals surface area contributed by atoms with E-state index in [4.69, 9.17) is 5.26 Å². The third-order valence-electron chi connectivity index (χ3n) is 12.1. The van der Waals surface area contributed by atoms with Gasteiger partial charge in [-0.2, -0.15) is 18.4 Å². The summed E-state index contributed by atoms with van der Waals surface area (Å²) in [5, 5.41) is 11.5. The molecule has 6 rings (SSSR count). The fraction of sp³-hybridized carbons (Fsp3) is 0.614. The Balaban J connectivity index is 0.000000215. The summed E-state index contributed by atoms with van der Waals surface area (Å²) in [4.78, 5) is 32.0. The van der Waals surface area contributed by atoms with E-state index in [0.29, 0.717) is 18.2 Å². The number of amides is 1. The Labute approximate surface area is 330 Å². The van der Waals surface area contributed by atoms with Gasteiger partial charge in [-0.25, -0.2) is 4.39 Å². The number of nitriles is 1. The number of carbonyl (C=O) groups is 2. The molecule has 12 heteroatoms. The molecule has 4 aliphatic rings. The SMILES string of the molecule is CC(=O)CN1CCC(CCN2CCN(c3ccc(C)c(C(F)(F)F)c3)CC2)CC1.N#CCC(=O)NC1CCC(CCN2CC=C(c3ccc(F)cc3)CC2)CC1. The van der Waals surface area contributed by atoms with E-state index in [1.807, 2.05) is 18.2 Å². The zero-order chi connectivity index (χ0) is 40.1. The van der Waals surface area contributed by atoms with E-state index in [1.54, 1.807) is 19.1 Å². The number of hydrogen-bond donors (Lipinski definition) is 1. The Kier molecular flexibility index (Phi) is 16.3. The lowest BCUT2D eigenvalue weighted by Gasteiger charge is -2.38. The van der Waals surface area contributed by atoms with Crippen molar-refractivity contribution in [2.75, 3.05) is 76.9 Å². The van der Waals surface area contributed by atoms with Crippen LogP contribution in [0.5, 0.6) is 0 Å². The van der Waals surface area contributed by atoms with E-state index in [9.17, 15) is 27.2 Å². The number of rotatable bonds is 12. The minimum atomic E-state index is -4.30. The standard InChI is InChI=1S/C22H32F3N3O.C22H28FN3O/c1-17-3-4-20(15-21(17)22(23,24)25)28-13-11-26(12-14-28)8-5-19-6-9-27(10-7-19)16-18(2)29;23-20-5-3-18(4-6-20)19-11-15-26(16-12-19)14-10-17-1-7-21(8-2-17)25-22(27)9-13-24/h3-4,15,19H,5-14,16H2,1-2H3;3-6,11,17,21H,1-2,7-10,12,14-16H2,(H,25,27). The van der Waals surface area contributed by atoms with Gasteiger partial charge in [0.25, 0.3) is 0 Å². The number of benzene rings is 2. The number of ketones is 1. The maximum Gasteiger partial charge on any atom is 0.416 e. The predicted octanol–water partition coefficient (Wildman–Crippen LogP) is 7.72. The van der Waals surface area contributed by atoms with Crippen LogP contribution < -0.4 is 10.2 Å². The van der Waals surface area contributed by atoms with Gasteiger partial charge in [0.2, 0.25) is 5.91 Å². The molecule has 1 aliphatic carbocycles. The molecule has 8 nitrogen and oxygen atoms in total. The van der Waals surface area contributed by atoms with Crippen LogP contribution in [0.15, 0.2) is 48.5 Å². The van der Waals surface area contributed by atoms with Crippen LogP contribution in [0.3, 0.4) is 0 Å². The fourth-order valence-corrected chi connectivity index (χ4v) is 8.61. The second kappa shape index (κ2) is 21.1. The fourth-order valence-electron chi connectivity index (χ4n) is 8.61. The molecule has 0 spiro atoms. The molecule has 0 unspecified atom stereocenters. The first kappa shape index (κ1) is 43.3.